The standard InChI is InChI=1S/C16H13Cl2N3OS/c17-10-4-3-7-13(15(10)18)19-14(22)8-9-23-16-20-11-5-1-2-6-12(11)21-16/h1-7H,8-9H2,(H,19,22)(H,20,21). The maximum Gasteiger partial charge on any atom is 0.225 e. The number of benzene rings is 2. The first-order valence-electron chi connectivity index (χ1n) is 6.95. The molecule has 0 unspecified atom stereocenters. The monoisotopic (exact) mass is 365 g/mol. The number of para-hydroxylation sites is 2. The number of H-pyrrole nitrogens is 1. The summed E-state index contributed by atoms with van der Waals surface area (Å²) in [6.07, 6.45) is 0.352. The van der Waals surface area contributed by atoms with Gasteiger partial charge in [-0.1, -0.05) is 53.2 Å². The van der Waals surface area contributed by atoms with Gasteiger partial charge in [0.2, 0.25) is 5.91 Å². The smallest absolute Gasteiger partial charge is 0.225 e. The third-order valence-electron chi connectivity index (χ3n) is 3.16. The fourth-order valence-corrected chi connectivity index (χ4v) is 3.22. The van der Waals surface area contributed by atoms with E-state index in [0.717, 1.165) is 16.2 Å². The highest BCUT2D eigenvalue weighted by Gasteiger charge is 2.09. The minimum atomic E-state index is -0.113. The summed E-state index contributed by atoms with van der Waals surface area (Å²) in [4.78, 5) is 19.7. The number of halogens is 2. The normalized spacial score (nSPS) is 10.9. The minimum absolute atomic E-state index is 0.113. The van der Waals surface area contributed by atoms with Crippen molar-refractivity contribution in [2.45, 2.75) is 11.6 Å². The summed E-state index contributed by atoms with van der Waals surface area (Å²) in [5.74, 6) is 0.502. The second-order valence-corrected chi connectivity index (χ2v) is 6.68. The number of imidazole rings is 1. The number of fused-ring (bicyclic) bond motifs is 1. The van der Waals surface area contributed by atoms with Crippen molar-refractivity contribution in [1.82, 2.24) is 9.97 Å². The van der Waals surface area contributed by atoms with Crippen LogP contribution in [0.3, 0.4) is 0 Å². The molecule has 1 aromatic heterocycles. The minimum Gasteiger partial charge on any atom is -0.333 e. The first kappa shape index (κ1) is 16.2. The van der Waals surface area contributed by atoms with Gasteiger partial charge in [-0.2, -0.15) is 0 Å². The molecule has 0 radical (unpaired) electrons. The second kappa shape index (κ2) is 7.25. The van der Waals surface area contributed by atoms with Gasteiger partial charge in [-0.15, -0.1) is 0 Å². The van der Waals surface area contributed by atoms with E-state index in [0.29, 0.717) is 27.9 Å². The van der Waals surface area contributed by atoms with E-state index in [2.05, 4.69) is 15.3 Å². The number of anilines is 1. The van der Waals surface area contributed by atoms with E-state index in [1.165, 1.54) is 11.8 Å². The number of aromatic amines is 1. The van der Waals surface area contributed by atoms with Crippen molar-refractivity contribution in [1.29, 1.82) is 0 Å². The van der Waals surface area contributed by atoms with E-state index in [-0.39, 0.29) is 5.91 Å². The Labute approximate surface area is 147 Å². The van der Waals surface area contributed by atoms with Crippen LogP contribution < -0.4 is 5.32 Å². The predicted molar refractivity (Wildman–Crippen MR) is 96.5 cm³/mol. The Kier molecular flexibility index (Phi) is 5.10. The molecule has 118 valence electrons. The van der Waals surface area contributed by atoms with Gasteiger partial charge in [0.15, 0.2) is 5.16 Å². The molecular formula is C16H13Cl2N3OS. The highest BCUT2D eigenvalue weighted by molar-refractivity contribution is 7.99. The number of nitrogens with one attached hydrogen (secondary N) is 2. The maximum absolute atomic E-state index is 12.0. The van der Waals surface area contributed by atoms with Gasteiger partial charge in [-0.25, -0.2) is 4.98 Å². The molecule has 3 rings (SSSR count). The zero-order chi connectivity index (χ0) is 16.2. The Morgan fingerprint density at radius 3 is 2.83 bits per heavy atom. The maximum atomic E-state index is 12.0. The number of carbonyl (C=O) groups is 1. The van der Waals surface area contributed by atoms with Crippen LogP contribution in [0.5, 0.6) is 0 Å². The molecule has 0 fully saturated rings. The average molecular weight is 366 g/mol. The molecule has 0 saturated heterocycles. The van der Waals surface area contributed by atoms with Crippen molar-refractivity contribution in [3.8, 4) is 0 Å². The topological polar surface area (TPSA) is 57.8 Å². The molecule has 7 heteroatoms. The molecule has 0 saturated carbocycles. The van der Waals surface area contributed by atoms with Crippen molar-refractivity contribution < 1.29 is 4.79 Å². The van der Waals surface area contributed by atoms with Gasteiger partial charge in [0, 0.05) is 12.2 Å². The van der Waals surface area contributed by atoms with Crippen LogP contribution in [0.25, 0.3) is 11.0 Å². The first-order valence-corrected chi connectivity index (χ1v) is 8.69. The Morgan fingerprint density at radius 2 is 2.00 bits per heavy atom. The van der Waals surface area contributed by atoms with E-state index in [9.17, 15) is 4.79 Å². The number of carbonyl (C=O) groups excluding carboxylic acids is 1. The van der Waals surface area contributed by atoms with Crippen molar-refractivity contribution in [3.63, 3.8) is 0 Å². The average Bonchev–Trinajstić information content (AvgIpc) is 2.94. The van der Waals surface area contributed by atoms with E-state index in [1.54, 1.807) is 18.2 Å². The van der Waals surface area contributed by atoms with E-state index >= 15 is 0 Å². The van der Waals surface area contributed by atoms with Gasteiger partial charge >= 0.3 is 0 Å². The van der Waals surface area contributed by atoms with Gasteiger partial charge in [-0.3, -0.25) is 4.79 Å². The summed E-state index contributed by atoms with van der Waals surface area (Å²) >= 11 is 13.5. The summed E-state index contributed by atoms with van der Waals surface area (Å²) in [5, 5.41) is 4.34. The van der Waals surface area contributed by atoms with Crippen molar-refractivity contribution >= 4 is 57.6 Å². The Balaban J connectivity index is 1.54. The van der Waals surface area contributed by atoms with Crippen LogP contribution in [-0.2, 0) is 4.79 Å². The molecule has 1 amide bonds. The van der Waals surface area contributed by atoms with Crippen molar-refractivity contribution in [2.24, 2.45) is 0 Å². The Bertz CT molecular complexity index is 817. The summed E-state index contributed by atoms with van der Waals surface area (Å²) in [6.45, 7) is 0. The fraction of sp³-hybridized carbons (Fsp3) is 0.125. The number of hydrogen-bond acceptors (Lipinski definition) is 3. The van der Waals surface area contributed by atoms with Gasteiger partial charge < -0.3 is 10.3 Å². The zero-order valence-corrected chi connectivity index (χ0v) is 14.3. The van der Waals surface area contributed by atoms with Crippen LogP contribution in [0.15, 0.2) is 47.6 Å². The Morgan fingerprint density at radius 1 is 1.17 bits per heavy atom. The highest BCUT2D eigenvalue weighted by Crippen LogP contribution is 2.29. The molecule has 3 aromatic rings. The largest absolute Gasteiger partial charge is 0.333 e. The molecule has 0 aliphatic carbocycles. The quantitative estimate of drug-likeness (QED) is 0.626. The number of aromatic nitrogens is 2. The third-order valence-corrected chi connectivity index (χ3v) is 4.86. The van der Waals surface area contributed by atoms with Crippen molar-refractivity contribution in [2.75, 3.05) is 11.1 Å². The summed E-state index contributed by atoms with van der Waals surface area (Å²) in [7, 11) is 0. The molecule has 0 aliphatic heterocycles. The SMILES string of the molecule is O=C(CCSc1nc2ccccc2[nH]1)Nc1cccc(Cl)c1Cl. The number of hydrogen-bond donors (Lipinski definition) is 2. The summed E-state index contributed by atoms with van der Waals surface area (Å²) < 4.78 is 0. The van der Waals surface area contributed by atoms with Crippen LogP contribution in [0.1, 0.15) is 6.42 Å². The lowest BCUT2D eigenvalue weighted by molar-refractivity contribution is -0.115. The Hall–Kier alpha value is -1.69. The fourth-order valence-electron chi connectivity index (χ4n) is 2.05. The van der Waals surface area contributed by atoms with E-state index in [4.69, 9.17) is 23.2 Å². The van der Waals surface area contributed by atoms with Gasteiger partial charge in [0.1, 0.15) is 0 Å². The number of rotatable bonds is 5. The molecule has 0 spiro atoms. The van der Waals surface area contributed by atoms with Gasteiger partial charge in [0.05, 0.1) is 26.8 Å². The van der Waals surface area contributed by atoms with Gasteiger partial charge in [-0.05, 0) is 24.3 Å². The molecule has 2 N–H and O–H groups in total. The third kappa shape index (κ3) is 3.99. The lowest BCUT2D eigenvalue weighted by Gasteiger charge is -2.07. The second-order valence-electron chi connectivity index (χ2n) is 4.81. The number of amides is 1. The highest BCUT2D eigenvalue weighted by atomic mass is 35.5. The van der Waals surface area contributed by atoms with Crippen LogP contribution in [0.4, 0.5) is 5.69 Å². The van der Waals surface area contributed by atoms with Gasteiger partial charge in [0.25, 0.3) is 0 Å². The molecule has 0 bridgehead atoms. The summed E-state index contributed by atoms with van der Waals surface area (Å²) in [5.41, 5.74) is 2.44. The van der Waals surface area contributed by atoms with Crippen LogP contribution in [0.2, 0.25) is 10.0 Å². The molecular weight excluding hydrogens is 353 g/mol. The number of nitrogens with zero attached hydrogens (tertiary/aromatic N) is 1. The number of thioether (sulfide) groups is 1. The predicted octanol–water partition coefficient (Wildman–Crippen LogP) is 4.99. The molecule has 0 atom stereocenters. The lowest BCUT2D eigenvalue weighted by Crippen LogP contribution is -2.12. The molecule has 0 aliphatic rings. The zero-order valence-electron chi connectivity index (χ0n) is 12.0. The molecule has 2 aromatic carbocycles. The summed E-state index contributed by atoms with van der Waals surface area (Å²) in [6, 6.07) is 13.0. The molecule has 4 nitrogen and oxygen atoms in total. The van der Waals surface area contributed by atoms with Crippen LogP contribution in [0, 0.1) is 0 Å². The van der Waals surface area contributed by atoms with Crippen molar-refractivity contribution in [3.05, 3.63) is 52.5 Å². The molecule has 1 heterocycles. The van der Waals surface area contributed by atoms with E-state index < -0.39 is 0 Å². The van der Waals surface area contributed by atoms with Crippen LogP contribution in [-0.4, -0.2) is 21.6 Å². The molecule has 23 heavy (non-hydrogen) atoms. The lowest BCUT2D eigenvalue weighted by atomic mass is 10.3. The van der Waals surface area contributed by atoms with Crippen LogP contribution >= 0.6 is 35.0 Å². The van der Waals surface area contributed by atoms with E-state index in [1.807, 2.05) is 24.3 Å². The first-order chi connectivity index (χ1) is 11.1.